The summed E-state index contributed by atoms with van der Waals surface area (Å²) in [4.78, 5) is 25.4. The van der Waals surface area contributed by atoms with Crippen molar-refractivity contribution >= 4 is 11.9 Å². The average Bonchev–Trinajstić information content (AvgIpc) is 3.08. The van der Waals surface area contributed by atoms with Gasteiger partial charge in [0, 0.05) is 5.92 Å². The molecule has 1 aromatic heterocycles. The number of furan rings is 1. The van der Waals surface area contributed by atoms with E-state index in [4.69, 9.17) is 13.9 Å². The van der Waals surface area contributed by atoms with Crippen molar-refractivity contribution in [2.75, 3.05) is 13.2 Å². The van der Waals surface area contributed by atoms with Crippen LogP contribution in [0.1, 0.15) is 68.8 Å². The Bertz CT molecular complexity index is 681. The molecule has 5 heteroatoms. The Balaban J connectivity index is 1.94. The first-order valence-corrected chi connectivity index (χ1v) is 9.64. The highest BCUT2D eigenvalue weighted by atomic mass is 16.6. The average molecular weight is 360 g/mol. The van der Waals surface area contributed by atoms with E-state index < -0.39 is 17.4 Å². The smallest absolute Gasteiger partial charge is 0.323 e. The van der Waals surface area contributed by atoms with Gasteiger partial charge in [-0.25, -0.2) is 0 Å². The number of carbonyl (C=O) groups excluding carboxylic acids is 2. The van der Waals surface area contributed by atoms with E-state index in [9.17, 15) is 9.59 Å². The van der Waals surface area contributed by atoms with Crippen molar-refractivity contribution in [3.05, 3.63) is 35.3 Å². The molecule has 0 amide bonds. The van der Waals surface area contributed by atoms with Crippen LogP contribution in [-0.2, 0) is 31.9 Å². The predicted octanol–water partition coefficient (Wildman–Crippen LogP) is 4.09. The lowest BCUT2D eigenvalue weighted by atomic mass is 9.84. The number of allylic oxidation sites excluding steroid dienone is 1. The number of fused-ring (bicyclic) bond motifs is 1. The van der Waals surface area contributed by atoms with Gasteiger partial charge in [-0.05, 0) is 63.5 Å². The molecule has 26 heavy (non-hydrogen) atoms. The number of hydrogen-bond acceptors (Lipinski definition) is 5. The highest BCUT2D eigenvalue weighted by molar-refractivity contribution is 6.01. The third-order valence-corrected chi connectivity index (χ3v) is 5.61. The van der Waals surface area contributed by atoms with Crippen molar-refractivity contribution in [3.8, 4) is 0 Å². The van der Waals surface area contributed by atoms with Gasteiger partial charge < -0.3 is 13.9 Å². The number of aryl methyl sites for hydroxylation is 1. The molecule has 1 fully saturated rings. The maximum Gasteiger partial charge on any atom is 0.323 e. The van der Waals surface area contributed by atoms with Gasteiger partial charge in [0.1, 0.15) is 5.76 Å². The Morgan fingerprint density at radius 3 is 2.46 bits per heavy atom. The highest BCUT2D eigenvalue weighted by Gasteiger charge is 2.56. The molecule has 5 nitrogen and oxygen atoms in total. The summed E-state index contributed by atoms with van der Waals surface area (Å²) < 4.78 is 16.4. The SMILES string of the molecule is C=C1CC(C(=O)OCC)(C(=O)OCC)CC1c1occ2c1CCCCC2. The van der Waals surface area contributed by atoms with Crippen molar-refractivity contribution in [3.63, 3.8) is 0 Å². The summed E-state index contributed by atoms with van der Waals surface area (Å²) in [6.45, 7) is 8.11. The molecule has 0 bridgehead atoms. The molecular formula is C21H28O5. The molecule has 0 N–H and O–H groups in total. The number of ether oxygens (including phenoxy) is 2. The minimum atomic E-state index is -1.31. The van der Waals surface area contributed by atoms with Crippen LogP contribution < -0.4 is 0 Å². The molecule has 0 aliphatic heterocycles. The number of esters is 2. The van der Waals surface area contributed by atoms with E-state index in [1.54, 1.807) is 13.8 Å². The largest absolute Gasteiger partial charge is 0.468 e. The second kappa shape index (κ2) is 7.68. The molecule has 1 unspecified atom stereocenters. The zero-order valence-corrected chi connectivity index (χ0v) is 15.8. The second-order valence-electron chi connectivity index (χ2n) is 7.28. The monoisotopic (exact) mass is 360 g/mol. The molecule has 2 aliphatic rings. The van der Waals surface area contributed by atoms with Crippen LogP contribution in [0.3, 0.4) is 0 Å². The van der Waals surface area contributed by atoms with E-state index in [0.29, 0.717) is 6.42 Å². The van der Waals surface area contributed by atoms with E-state index in [0.717, 1.165) is 30.6 Å². The fourth-order valence-electron chi connectivity index (χ4n) is 4.30. The summed E-state index contributed by atoms with van der Waals surface area (Å²) >= 11 is 0. The summed E-state index contributed by atoms with van der Waals surface area (Å²) in [5.41, 5.74) is 2.04. The van der Waals surface area contributed by atoms with Crippen molar-refractivity contribution in [1.29, 1.82) is 0 Å². The van der Waals surface area contributed by atoms with E-state index in [1.165, 1.54) is 24.0 Å². The molecule has 0 spiro atoms. The van der Waals surface area contributed by atoms with Gasteiger partial charge in [0.2, 0.25) is 0 Å². The van der Waals surface area contributed by atoms with Crippen molar-refractivity contribution in [1.82, 2.24) is 0 Å². The number of rotatable bonds is 5. The molecule has 3 rings (SSSR count). The van der Waals surface area contributed by atoms with Gasteiger partial charge in [-0.1, -0.05) is 18.6 Å². The van der Waals surface area contributed by atoms with E-state index in [-0.39, 0.29) is 25.6 Å². The Morgan fingerprint density at radius 2 is 1.81 bits per heavy atom. The van der Waals surface area contributed by atoms with E-state index in [2.05, 4.69) is 6.58 Å². The molecule has 0 saturated heterocycles. The molecule has 1 heterocycles. The lowest BCUT2D eigenvalue weighted by Crippen LogP contribution is -2.40. The van der Waals surface area contributed by atoms with Crippen LogP contribution >= 0.6 is 0 Å². The molecule has 1 saturated carbocycles. The standard InChI is InChI=1S/C21H28O5/c1-4-24-19(22)21(20(23)25-5-2)11-14(3)17(12-21)18-16-10-8-6-7-9-15(16)13-26-18/h13,17H,3-12H2,1-2H3. The minimum absolute atomic E-state index is 0.148. The topological polar surface area (TPSA) is 65.7 Å². The summed E-state index contributed by atoms with van der Waals surface area (Å²) in [6, 6.07) is 0. The lowest BCUT2D eigenvalue weighted by molar-refractivity contribution is -0.171. The van der Waals surface area contributed by atoms with Crippen LogP contribution in [0.5, 0.6) is 0 Å². The van der Waals surface area contributed by atoms with Crippen molar-refractivity contribution in [2.45, 2.75) is 64.7 Å². The van der Waals surface area contributed by atoms with E-state index >= 15 is 0 Å². The fraction of sp³-hybridized carbons (Fsp3) is 0.619. The second-order valence-corrected chi connectivity index (χ2v) is 7.28. The van der Waals surface area contributed by atoms with Gasteiger partial charge in [-0.3, -0.25) is 9.59 Å². The van der Waals surface area contributed by atoms with Gasteiger partial charge in [0.25, 0.3) is 0 Å². The minimum Gasteiger partial charge on any atom is -0.468 e. The predicted molar refractivity (Wildman–Crippen MR) is 96.8 cm³/mol. The Kier molecular flexibility index (Phi) is 5.54. The van der Waals surface area contributed by atoms with Gasteiger partial charge in [-0.15, -0.1) is 0 Å². The maximum atomic E-state index is 12.7. The molecule has 0 aromatic carbocycles. The molecule has 142 valence electrons. The summed E-state index contributed by atoms with van der Waals surface area (Å²) in [5.74, 6) is -0.299. The molecule has 2 aliphatic carbocycles. The number of carbonyl (C=O) groups is 2. The van der Waals surface area contributed by atoms with Gasteiger partial charge in [0.05, 0.1) is 19.5 Å². The Hall–Kier alpha value is -2.04. The van der Waals surface area contributed by atoms with Crippen molar-refractivity contribution in [2.24, 2.45) is 5.41 Å². The van der Waals surface area contributed by atoms with Crippen LogP contribution in [0.15, 0.2) is 22.8 Å². The van der Waals surface area contributed by atoms with Gasteiger partial charge in [-0.2, -0.15) is 0 Å². The van der Waals surface area contributed by atoms with Gasteiger partial charge >= 0.3 is 11.9 Å². The summed E-state index contributed by atoms with van der Waals surface area (Å²) in [7, 11) is 0. The van der Waals surface area contributed by atoms with Crippen molar-refractivity contribution < 1.29 is 23.5 Å². The summed E-state index contributed by atoms with van der Waals surface area (Å²) in [5, 5.41) is 0. The normalized spacial score (nSPS) is 21.8. The van der Waals surface area contributed by atoms with Crippen LogP contribution in [0.25, 0.3) is 0 Å². The van der Waals surface area contributed by atoms with Gasteiger partial charge in [0.15, 0.2) is 5.41 Å². The molecule has 1 aromatic rings. The lowest BCUT2D eigenvalue weighted by Gasteiger charge is -2.24. The Labute approximate surface area is 154 Å². The molecule has 1 atom stereocenters. The van der Waals surface area contributed by atoms with E-state index in [1.807, 2.05) is 6.26 Å². The first-order chi connectivity index (χ1) is 12.5. The Morgan fingerprint density at radius 1 is 1.15 bits per heavy atom. The highest BCUT2D eigenvalue weighted by Crippen LogP contribution is 2.52. The third kappa shape index (κ3) is 3.19. The molecule has 0 radical (unpaired) electrons. The van der Waals surface area contributed by atoms with Crippen LogP contribution in [-0.4, -0.2) is 25.2 Å². The van der Waals surface area contributed by atoms with Crippen LogP contribution in [0.2, 0.25) is 0 Å². The number of hydrogen-bond donors (Lipinski definition) is 0. The summed E-state index contributed by atoms with van der Waals surface area (Å²) in [6.07, 6.45) is 7.95. The quantitative estimate of drug-likeness (QED) is 0.342. The van der Waals surface area contributed by atoms with Crippen LogP contribution in [0, 0.1) is 5.41 Å². The first kappa shape index (κ1) is 18.7. The first-order valence-electron chi connectivity index (χ1n) is 9.64. The maximum absolute atomic E-state index is 12.7. The third-order valence-electron chi connectivity index (χ3n) is 5.61. The molecular weight excluding hydrogens is 332 g/mol. The fourth-order valence-corrected chi connectivity index (χ4v) is 4.30. The van der Waals surface area contributed by atoms with Crippen LogP contribution in [0.4, 0.5) is 0 Å². The zero-order valence-electron chi connectivity index (χ0n) is 15.8. The zero-order chi connectivity index (χ0) is 18.7.